The molecule has 4 rings (SSSR count). The summed E-state index contributed by atoms with van der Waals surface area (Å²) in [6.45, 7) is 5.09. The number of nitrogens with two attached hydrogens (primary N) is 1. The van der Waals surface area contributed by atoms with Crippen molar-refractivity contribution >= 4 is 33.8 Å². The number of benzene rings is 1. The van der Waals surface area contributed by atoms with Gasteiger partial charge < -0.3 is 16.0 Å². The van der Waals surface area contributed by atoms with Gasteiger partial charge in [0.2, 0.25) is 5.91 Å². The maximum Gasteiger partial charge on any atom is 0.251 e. The molecule has 0 unspecified atom stereocenters. The molecular formula is C22H27FN4O2S. The molecule has 1 fully saturated rings. The highest BCUT2D eigenvalue weighted by atomic mass is 32.1. The zero-order chi connectivity index (χ0) is 21.3. The van der Waals surface area contributed by atoms with Gasteiger partial charge in [-0.25, -0.2) is 4.39 Å². The fourth-order valence-electron chi connectivity index (χ4n) is 4.32. The van der Waals surface area contributed by atoms with Crippen molar-refractivity contribution in [1.82, 2.24) is 4.90 Å². The van der Waals surface area contributed by atoms with Crippen LogP contribution in [0.4, 0.5) is 15.1 Å². The molecule has 8 heteroatoms. The van der Waals surface area contributed by atoms with Crippen LogP contribution in [0.2, 0.25) is 0 Å². The van der Waals surface area contributed by atoms with Crippen molar-refractivity contribution in [2.24, 2.45) is 11.7 Å². The molecular weight excluding hydrogens is 403 g/mol. The summed E-state index contributed by atoms with van der Waals surface area (Å²) in [7, 11) is 0. The monoisotopic (exact) mass is 430 g/mol. The third kappa shape index (κ3) is 4.34. The number of thiophene rings is 1. The van der Waals surface area contributed by atoms with Gasteiger partial charge in [0.15, 0.2) is 0 Å². The van der Waals surface area contributed by atoms with E-state index in [-0.39, 0.29) is 18.3 Å². The average molecular weight is 431 g/mol. The molecule has 1 aliphatic carbocycles. The summed E-state index contributed by atoms with van der Waals surface area (Å²) in [4.78, 5) is 29.9. The summed E-state index contributed by atoms with van der Waals surface area (Å²) < 4.78 is 14.0. The number of nitrogens with zero attached hydrogens (tertiary/aromatic N) is 2. The molecule has 160 valence electrons. The topological polar surface area (TPSA) is 78.7 Å². The minimum atomic E-state index is -0.476. The number of carbonyl (C=O) groups excluding carboxylic acids is 2. The van der Waals surface area contributed by atoms with Gasteiger partial charge in [0, 0.05) is 31.1 Å². The maximum atomic E-state index is 14.0. The lowest BCUT2D eigenvalue weighted by Crippen LogP contribution is -2.48. The molecule has 0 saturated carbocycles. The van der Waals surface area contributed by atoms with Crippen molar-refractivity contribution in [2.75, 3.05) is 42.9 Å². The Hall–Kier alpha value is -2.45. The summed E-state index contributed by atoms with van der Waals surface area (Å²) >= 11 is 1.48. The van der Waals surface area contributed by atoms with Gasteiger partial charge in [-0.05, 0) is 42.9 Å². The predicted octanol–water partition coefficient (Wildman–Crippen LogP) is 2.87. The number of anilines is 2. The van der Waals surface area contributed by atoms with Crippen LogP contribution in [0.5, 0.6) is 0 Å². The van der Waals surface area contributed by atoms with E-state index in [9.17, 15) is 14.0 Å². The van der Waals surface area contributed by atoms with Gasteiger partial charge in [-0.2, -0.15) is 0 Å². The smallest absolute Gasteiger partial charge is 0.251 e. The van der Waals surface area contributed by atoms with Crippen LogP contribution in [0, 0.1) is 11.7 Å². The minimum Gasteiger partial charge on any atom is -0.367 e. The van der Waals surface area contributed by atoms with Crippen LogP contribution in [0.25, 0.3) is 0 Å². The molecule has 0 bridgehead atoms. The third-order valence-electron chi connectivity index (χ3n) is 5.94. The summed E-state index contributed by atoms with van der Waals surface area (Å²) in [5.41, 5.74) is 7.73. The predicted molar refractivity (Wildman–Crippen MR) is 118 cm³/mol. The number of carbonyl (C=O) groups is 2. The van der Waals surface area contributed by atoms with Crippen LogP contribution in [-0.2, 0) is 17.6 Å². The van der Waals surface area contributed by atoms with Crippen LogP contribution in [0.1, 0.15) is 34.1 Å². The van der Waals surface area contributed by atoms with Crippen molar-refractivity contribution in [3.8, 4) is 0 Å². The molecule has 1 aromatic carbocycles. The van der Waals surface area contributed by atoms with Gasteiger partial charge in [-0.1, -0.05) is 19.1 Å². The first-order chi connectivity index (χ1) is 14.4. The Kier molecular flexibility index (Phi) is 6.06. The molecule has 0 spiro atoms. The normalized spacial score (nSPS) is 19.4. The van der Waals surface area contributed by atoms with Crippen molar-refractivity contribution < 1.29 is 14.0 Å². The number of hydrogen-bond donors (Lipinski definition) is 2. The molecule has 0 radical (unpaired) electrons. The van der Waals surface area contributed by atoms with Crippen molar-refractivity contribution in [3.05, 3.63) is 46.1 Å². The second kappa shape index (κ2) is 8.73. The first-order valence-electron chi connectivity index (χ1n) is 10.4. The Morgan fingerprint density at radius 3 is 2.67 bits per heavy atom. The fraction of sp³-hybridized carbons (Fsp3) is 0.455. The first-order valence-corrected chi connectivity index (χ1v) is 11.2. The largest absolute Gasteiger partial charge is 0.367 e. The van der Waals surface area contributed by atoms with Crippen molar-refractivity contribution in [2.45, 2.75) is 26.2 Å². The molecule has 1 aromatic heterocycles. The van der Waals surface area contributed by atoms with E-state index in [1.807, 2.05) is 15.9 Å². The molecule has 2 aromatic rings. The Morgan fingerprint density at radius 1 is 1.23 bits per heavy atom. The zero-order valence-electron chi connectivity index (χ0n) is 17.1. The van der Waals surface area contributed by atoms with Gasteiger partial charge in [-0.15, -0.1) is 11.3 Å². The highest BCUT2D eigenvalue weighted by Gasteiger charge is 2.28. The summed E-state index contributed by atoms with van der Waals surface area (Å²) in [5.74, 6) is -0.274. The van der Waals surface area contributed by atoms with Gasteiger partial charge >= 0.3 is 0 Å². The number of hydrogen-bond acceptors (Lipinski definition) is 5. The molecule has 30 heavy (non-hydrogen) atoms. The molecule has 1 atom stereocenters. The lowest BCUT2D eigenvalue weighted by Gasteiger charge is -2.35. The number of halogens is 1. The molecule has 2 aliphatic rings. The summed E-state index contributed by atoms with van der Waals surface area (Å²) in [5, 5.41) is 3.51. The van der Waals surface area contributed by atoms with Gasteiger partial charge in [-0.3, -0.25) is 14.5 Å². The highest BCUT2D eigenvalue weighted by molar-refractivity contribution is 7.17. The quantitative estimate of drug-likeness (QED) is 0.765. The lowest BCUT2D eigenvalue weighted by molar-refractivity contribution is -0.117. The standard InChI is InChI=1S/C22H27FN4O2S/c1-14-6-7-15-18(12-14)30-22(20(15)21(24)29)25-19(28)13-26-8-10-27(11-9-26)17-5-3-2-4-16(17)23/h2-5,14H,6-13H2,1H3,(H2,24,29)(H,25,28)/t14-/m0/s1. The number of primary amides is 1. The summed E-state index contributed by atoms with van der Waals surface area (Å²) in [6.07, 6.45) is 2.79. The number of amides is 2. The molecule has 6 nitrogen and oxygen atoms in total. The van der Waals surface area contributed by atoms with Crippen molar-refractivity contribution in [3.63, 3.8) is 0 Å². The van der Waals surface area contributed by atoms with E-state index >= 15 is 0 Å². The van der Waals surface area contributed by atoms with E-state index in [2.05, 4.69) is 12.2 Å². The van der Waals surface area contributed by atoms with E-state index < -0.39 is 5.91 Å². The molecule has 1 saturated heterocycles. The Morgan fingerprint density at radius 2 is 1.97 bits per heavy atom. The highest BCUT2D eigenvalue weighted by Crippen LogP contribution is 2.39. The van der Waals surface area contributed by atoms with E-state index in [0.717, 1.165) is 29.7 Å². The second-order valence-electron chi connectivity index (χ2n) is 8.18. The lowest BCUT2D eigenvalue weighted by atomic mass is 9.88. The van der Waals surface area contributed by atoms with Gasteiger partial charge in [0.05, 0.1) is 17.8 Å². The van der Waals surface area contributed by atoms with E-state index in [0.29, 0.717) is 48.3 Å². The van der Waals surface area contributed by atoms with E-state index in [4.69, 9.17) is 5.73 Å². The fourth-order valence-corrected chi connectivity index (χ4v) is 5.76. The number of piperazine rings is 1. The maximum absolute atomic E-state index is 14.0. The SMILES string of the molecule is C[C@H]1CCc2c(sc(NC(=O)CN3CCN(c4ccccc4F)CC3)c2C(N)=O)C1. The Bertz CT molecular complexity index is 953. The minimum absolute atomic E-state index is 0.150. The molecule has 3 N–H and O–H groups in total. The van der Waals surface area contributed by atoms with Crippen LogP contribution in [0.15, 0.2) is 24.3 Å². The second-order valence-corrected chi connectivity index (χ2v) is 9.29. The Labute approximate surface area is 179 Å². The van der Waals surface area contributed by atoms with Crippen LogP contribution in [-0.4, -0.2) is 49.4 Å². The van der Waals surface area contributed by atoms with Crippen molar-refractivity contribution in [1.29, 1.82) is 0 Å². The average Bonchev–Trinajstić information content (AvgIpc) is 3.06. The van der Waals surface area contributed by atoms with Crippen LogP contribution < -0.4 is 16.0 Å². The number of fused-ring (bicyclic) bond motifs is 1. The number of rotatable bonds is 5. The van der Waals surface area contributed by atoms with E-state index in [1.54, 1.807) is 12.1 Å². The Balaban J connectivity index is 1.37. The third-order valence-corrected chi connectivity index (χ3v) is 7.11. The van der Waals surface area contributed by atoms with Gasteiger partial charge in [0.1, 0.15) is 10.8 Å². The zero-order valence-corrected chi connectivity index (χ0v) is 17.9. The number of nitrogens with one attached hydrogen (secondary N) is 1. The number of para-hydroxylation sites is 1. The molecule has 2 heterocycles. The van der Waals surface area contributed by atoms with Gasteiger partial charge in [0.25, 0.3) is 5.91 Å². The van der Waals surface area contributed by atoms with Crippen LogP contribution >= 0.6 is 11.3 Å². The molecule has 2 amide bonds. The molecule has 1 aliphatic heterocycles. The van der Waals surface area contributed by atoms with Crippen LogP contribution in [0.3, 0.4) is 0 Å². The first kappa shape index (κ1) is 20.8. The van der Waals surface area contributed by atoms with E-state index in [1.165, 1.54) is 17.4 Å². The summed E-state index contributed by atoms with van der Waals surface area (Å²) in [6, 6.07) is 6.76.